The van der Waals surface area contributed by atoms with Gasteiger partial charge in [0.2, 0.25) is 0 Å². The maximum absolute atomic E-state index is 4.99. The van der Waals surface area contributed by atoms with E-state index in [1.807, 2.05) is 13.0 Å². The summed E-state index contributed by atoms with van der Waals surface area (Å²) in [7, 11) is 0. The normalized spacial score (nSPS) is 10.2. The molecule has 0 aromatic carbocycles. The smallest absolute Gasteiger partial charge is 0.0418 e. The Bertz CT molecular complexity index is 179. The molecule has 46 valence electrons. The molecule has 0 aliphatic rings. The minimum atomic E-state index is 0.591. The van der Waals surface area contributed by atoms with Gasteiger partial charge in [0, 0.05) is 18.0 Å². The van der Waals surface area contributed by atoms with Gasteiger partial charge in [0.1, 0.15) is 0 Å². The van der Waals surface area contributed by atoms with Crippen LogP contribution in [0, 0.1) is 12.3 Å². The van der Waals surface area contributed by atoms with E-state index in [0.717, 1.165) is 0 Å². The summed E-state index contributed by atoms with van der Waals surface area (Å²) in [5.74, 6) is 2.35. The lowest BCUT2D eigenvalue weighted by atomic mass is 10.4. The average molecular weight is 119 g/mol. The molecule has 0 amide bonds. The van der Waals surface area contributed by atoms with Crippen LogP contribution in [0.25, 0.3) is 0 Å². The van der Waals surface area contributed by atoms with Gasteiger partial charge in [-0.25, -0.2) is 0 Å². The number of nitrogens with zero attached hydrogens (tertiary/aromatic N) is 1. The number of aliphatic imine (C=N–C) groups is 1. The Balaban J connectivity index is 3.75. The van der Waals surface area contributed by atoms with Gasteiger partial charge >= 0.3 is 0 Å². The molecule has 0 heterocycles. The van der Waals surface area contributed by atoms with E-state index in [9.17, 15) is 0 Å². The second-order valence-corrected chi connectivity index (χ2v) is 1.43. The molecule has 0 aliphatic heterocycles. The number of allylic oxidation sites excluding steroid dienone is 2. The monoisotopic (exact) mass is 119 g/mol. The summed E-state index contributed by atoms with van der Waals surface area (Å²) in [6.45, 7) is 5.41. The van der Waals surface area contributed by atoms with E-state index >= 15 is 0 Å². The fraction of sp³-hybridized carbons (Fsp3) is 0.125. The van der Waals surface area contributed by atoms with E-state index in [-0.39, 0.29) is 0 Å². The van der Waals surface area contributed by atoms with Crippen LogP contribution in [-0.2, 0) is 0 Å². The van der Waals surface area contributed by atoms with Crippen LogP contribution in [-0.4, -0.2) is 6.21 Å². The molecule has 0 aromatic heterocycles. The number of hydrogen-bond donors (Lipinski definition) is 0. The largest absolute Gasteiger partial charge is 0.264 e. The molecule has 0 saturated carbocycles. The van der Waals surface area contributed by atoms with E-state index in [2.05, 4.69) is 17.5 Å². The SMILES string of the molecule is C#CC(=C)/C=N\C=C/C. The van der Waals surface area contributed by atoms with Crippen LogP contribution < -0.4 is 0 Å². The zero-order valence-corrected chi connectivity index (χ0v) is 5.46. The Morgan fingerprint density at radius 3 is 2.89 bits per heavy atom. The Labute approximate surface area is 55.8 Å². The second kappa shape index (κ2) is 4.86. The van der Waals surface area contributed by atoms with Crippen LogP contribution >= 0.6 is 0 Å². The first-order valence-corrected chi connectivity index (χ1v) is 2.61. The van der Waals surface area contributed by atoms with Gasteiger partial charge < -0.3 is 0 Å². The van der Waals surface area contributed by atoms with Gasteiger partial charge in [-0.2, -0.15) is 0 Å². The lowest BCUT2D eigenvalue weighted by Crippen LogP contribution is -1.72. The molecule has 0 unspecified atom stereocenters. The molecule has 0 radical (unpaired) electrons. The van der Waals surface area contributed by atoms with Crippen LogP contribution in [0.1, 0.15) is 6.92 Å². The lowest BCUT2D eigenvalue weighted by molar-refractivity contribution is 1.54. The summed E-state index contributed by atoms with van der Waals surface area (Å²) in [6, 6.07) is 0. The first-order valence-electron chi connectivity index (χ1n) is 2.61. The molecule has 0 N–H and O–H groups in total. The van der Waals surface area contributed by atoms with Crippen LogP contribution in [0.2, 0.25) is 0 Å². The van der Waals surface area contributed by atoms with Gasteiger partial charge in [0.15, 0.2) is 0 Å². The van der Waals surface area contributed by atoms with E-state index in [4.69, 9.17) is 6.42 Å². The van der Waals surface area contributed by atoms with Crippen LogP contribution in [0.15, 0.2) is 29.4 Å². The molecule has 0 aliphatic carbocycles. The number of rotatable bonds is 2. The Morgan fingerprint density at radius 1 is 1.78 bits per heavy atom. The third kappa shape index (κ3) is 4.57. The molecule has 0 bridgehead atoms. The minimum Gasteiger partial charge on any atom is -0.264 e. The van der Waals surface area contributed by atoms with Gasteiger partial charge in [0.25, 0.3) is 0 Å². The second-order valence-electron chi connectivity index (χ2n) is 1.43. The average Bonchev–Trinajstić information content (AvgIpc) is 1.89. The molecule has 0 aromatic rings. The van der Waals surface area contributed by atoms with Crippen molar-refractivity contribution >= 4 is 6.21 Å². The molecule has 0 rings (SSSR count). The van der Waals surface area contributed by atoms with Crippen LogP contribution in [0.5, 0.6) is 0 Å². The molecule has 9 heavy (non-hydrogen) atoms. The Kier molecular flexibility index (Phi) is 4.16. The fourth-order valence-electron chi connectivity index (χ4n) is 0.256. The summed E-state index contributed by atoms with van der Waals surface area (Å²) < 4.78 is 0. The first-order chi connectivity index (χ1) is 4.31. The number of terminal acetylenes is 1. The summed E-state index contributed by atoms with van der Waals surface area (Å²) >= 11 is 0. The Hall–Kier alpha value is -1.29. The topological polar surface area (TPSA) is 12.4 Å². The van der Waals surface area contributed by atoms with Crippen molar-refractivity contribution in [1.29, 1.82) is 0 Å². The maximum Gasteiger partial charge on any atom is 0.0418 e. The highest BCUT2D eigenvalue weighted by molar-refractivity contribution is 5.83. The first kappa shape index (κ1) is 7.71. The van der Waals surface area contributed by atoms with Crippen molar-refractivity contribution in [3.05, 3.63) is 24.4 Å². The van der Waals surface area contributed by atoms with Crippen LogP contribution in [0.3, 0.4) is 0 Å². The fourth-order valence-corrected chi connectivity index (χ4v) is 0.256. The highest BCUT2D eigenvalue weighted by Crippen LogP contribution is 1.80. The molecule has 0 fully saturated rings. The summed E-state index contributed by atoms with van der Waals surface area (Å²) in [5.41, 5.74) is 0.591. The standard InChI is InChI=1S/C8H9N/c1-4-6-9-7-8(3)5-2/h2,4,6-7H,3H2,1H3/b6-4-,9-7-. The molecular formula is C8H9N. The third-order valence-electron chi connectivity index (χ3n) is 0.651. The van der Waals surface area contributed by atoms with Gasteiger partial charge in [-0.15, -0.1) is 6.42 Å². The maximum atomic E-state index is 4.99. The van der Waals surface area contributed by atoms with Crippen molar-refractivity contribution in [2.24, 2.45) is 4.99 Å². The highest BCUT2D eigenvalue weighted by Gasteiger charge is 1.73. The van der Waals surface area contributed by atoms with Crippen molar-refractivity contribution in [2.75, 3.05) is 0 Å². The molecule has 0 spiro atoms. The molecule has 1 nitrogen and oxygen atoms in total. The molecule has 0 saturated heterocycles. The van der Waals surface area contributed by atoms with Gasteiger partial charge in [0.05, 0.1) is 0 Å². The Morgan fingerprint density at radius 2 is 2.44 bits per heavy atom. The predicted molar refractivity (Wildman–Crippen MR) is 41.3 cm³/mol. The van der Waals surface area contributed by atoms with Gasteiger partial charge in [-0.05, 0) is 6.92 Å². The van der Waals surface area contributed by atoms with E-state index in [0.29, 0.717) is 5.57 Å². The minimum absolute atomic E-state index is 0.591. The van der Waals surface area contributed by atoms with E-state index < -0.39 is 0 Å². The molecule has 0 atom stereocenters. The van der Waals surface area contributed by atoms with Crippen molar-refractivity contribution in [2.45, 2.75) is 6.92 Å². The summed E-state index contributed by atoms with van der Waals surface area (Å²) in [6.07, 6.45) is 10.0. The molecular weight excluding hydrogens is 110 g/mol. The zero-order valence-electron chi connectivity index (χ0n) is 5.46. The number of hydrogen-bond acceptors (Lipinski definition) is 1. The van der Waals surface area contributed by atoms with E-state index in [1.165, 1.54) is 0 Å². The van der Waals surface area contributed by atoms with E-state index in [1.54, 1.807) is 12.4 Å². The predicted octanol–water partition coefficient (Wildman–Crippen LogP) is 1.78. The molecule has 1 heteroatoms. The summed E-state index contributed by atoms with van der Waals surface area (Å²) in [4.78, 5) is 3.81. The highest BCUT2D eigenvalue weighted by atomic mass is 14.7. The third-order valence-corrected chi connectivity index (χ3v) is 0.651. The van der Waals surface area contributed by atoms with Crippen molar-refractivity contribution in [3.8, 4) is 12.3 Å². The van der Waals surface area contributed by atoms with Crippen molar-refractivity contribution < 1.29 is 0 Å². The zero-order chi connectivity index (χ0) is 7.11. The van der Waals surface area contributed by atoms with Crippen LogP contribution in [0.4, 0.5) is 0 Å². The van der Waals surface area contributed by atoms with Gasteiger partial charge in [-0.3, -0.25) is 4.99 Å². The van der Waals surface area contributed by atoms with Gasteiger partial charge in [-0.1, -0.05) is 18.6 Å². The van der Waals surface area contributed by atoms with Crippen molar-refractivity contribution in [3.63, 3.8) is 0 Å². The quantitative estimate of drug-likeness (QED) is 0.388. The summed E-state index contributed by atoms with van der Waals surface area (Å²) in [5, 5.41) is 0. The lowest BCUT2D eigenvalue weighted by Gasteiger charge is -1.78. The van der Waals surface area contributed by atoms with Crippen molar-refractivity contribution in [1.82, 2.24) is 0 Å².